The fraction of sp³-hybridized carbons (Fsp3) is 0.765. The van der Waals surface area contributed by atoms with Crippen LogP contribution in [0.3, 0.4) is 0 Å². The van der Waals surface area contributed by atoms with Gasteiger partial charge in [0.2, 0.25) is 0 Å². The normalized spacial score (nSPS) is 31.0. The van der Waals surface area contributed by atoms with Crippen molar-refractivity contribution in [1.82, 2.24) is 9.55 Å². The Morgan fingerprint density at radius 3 is 2.89 bits per heavy atom. The van der Waals surface area contributed by atoms with Crippen molar-refractivity contribution in [2.24, 2.45) is 5.92 Å². The summed E-state index contributed by atoms with van der Waals surface area (Å²) in [6.07, 6.45) is 6.18. The van der Waals surface area contributed by atoms with Gasteiger partial charge in [0.25, 0.3) is 0 Å². The number of nitrogens with zero attached hydrogens (tertiary/aromatic N) is 1. The van der Waals surface area contributed by atoms with Crippen molar-refractivity contribution in [3.63, 3.8) is 0 Å². The molecular formula is C17H26FN2O7P. The van der Waals surface area contributed by atoms with Crippen LogP contribution in [0, 0.1) is 11.7 Å². The molecule has 0 amide bonds. The van der Waals surface area contributed by atoms with E-state index in [-0.39, 0.29) is 13.0 Å². The van der Waals surface area contributed by atoms with Gasteiger partial charge in [0.15, 0.2) is 0 Å². The average Bonchev–Trinajstić information content (AvgIpc) is 3.31. The van der Waals surface area contributed by atoms with Gasteiger partial charge >= 0.3 is 161 Å². The SMILES string of the molecule is O=c1[nH]c(=O)n([C@H]2C[C@@H]3O[PH](O)(OCCCC4CCCC4)OC[C@H]3O2)cc1F. The zero-order valence-electron chi connectivity index (χ0n) is 15.5. The van der Waals surface area contributed by atoms with E-state index in [1.54, 1.807) is 0 Å². The van der Waals surface area contributed by atoms with E-state index in [1.807, 2.05) is 4.98 Å². The molecule has 0 aromatic carbocycles. The van der Waals surface area contributed by atoms with Gasteiger partial charge < -0.3 is 0 Å². The summed E-state index contributed by atoms with van der Waals surface area (Å²) < 4.78 is 36.8. The Kier molecular flexibility index (Phi) is 5.96. The van der Waals surface area contributed by atoms with Crippen LogP contribution < -0.4 is 11.2 Å². The number of aromatic amines is 1. The van der Waals surface area contributed by atoms with Crippen LogP contribution >= 0.6 is 8.17 Å². The summed E-state index contributed by atoms with van der Waals surface area (Å²) in [5.41, 5.74) is -1.85. The number of fused-ring (bicyclic) bond motifs is 1. The molecule has 2 N–H and O–H groups in total. The monoisotopic (exact) mass is 420 g/mol. The fourth-order valence-electron chi connectivity index (χ4n) is 4.18. The molecule has 1 aromatic heterocycles. The molecular weight excluding hydrogens is 394 g/mol. The van der Waals surface area contributed by atoms with E-state index in [4.69, 9.17) is 18.3 Å². The Balaban J connectivity index is 1.32. The van der Waals surface area contributed by atoms with Crippen LogP contribution in [0.15, 0.2) is 15.8 Å². The number of aromatic nitrogens is 2. The van der Waals surface area contributed by atoms with E-state index in [1.165, 1.54) is 25.7 Å². The Morgan fingerprint density at radius 2 is 2.11 bits per heavy atom. The van der Waals surface area contributed by atoms with Crippen LogP contribution in [0.25, 0.3) is 0 Å². The van der Waals surface area contributed by atoms with E-state index in [2.05, 4.69) is 0 Å². The van der Waals surface area contributed by atoms with Gasteiger partial charge in [0, 0.05) is 0 Å². The van der Waals surface area contributed by atoms with Crippen molar-refractivity contribution in [2.45, 2.75) is 63.4 Å². The number of hydrogen-bond donors (Lipinski definition) is 2. The minimum absolute atomic E-state index is 0.0626. The first-order valence-corrected chi connectivity index (χ1v) is 11.5. The molecule has 0 spiro atoms. The van der Waals surface area contributed by atoms with Crippen molar-refractivity contribution < 1.29 is 27.6 Å². The van der Waals surface area contributed by atoms with Gasteiger partial charge in [-0.3, -0.25) is 0 Å². The van der Waals surface area contributed by atoms with E-state index in [0.717, 1.165) is 29.5 Å². The molecule has 1 aliphatic carbocycles. The molecule has 1 aromatic rings. The molecule has 4 rings (SSSR count). The number of rotatable bonds is 6. The van der Waals surface area contributed by atoms with E-state index in [0.29, 0.717) is 6.61 Å². The topological polar surface area (TPSA) is 112 Å². The molecule has 11 heteroatoms. The molecule has 9 nitrogen and oxygen atoms in total. The van der Waals surface area contributed by atoms with E-state index >= 15 is 0 Å². The van der Waals surface area contributed by atoms with Crippen LogP contribution in [0.4, 0.5) is 4.39 Å². The number of ether oxygens (including phenoxy) is 1. The van der Waals surface area contributed by atoms with Crippen molar-refractivity contribution in [3.05, 3.63) is 32.9 Å². The third-order valence-electron chi connectivity index (χ3n) is 5.66. The maximum absolute atomic E-state index is 13.5. The van der Waals surface area contributed by atoms with Crippen molar-refractivity contribution in [2.75, 3.05) is 13.2 Å². The van der Waals surface area contributed by atoms with Crippen LogP contribution in [-0.4, -0.2) is 39.9 Å². The van der Waals surface area contributed by atoms with Crippen molar-refractivity contribution in [3.8, 4) is 0 Å². The summed E-state index contributed by atoms with van der Waals surface area (Å²) in [6, 6.07) is 0. The number of nitrogens with one attached hydrogen (secondary N) is 1. The van der Waals surface area contributed by atoms with Crippen molar-refractivity contribution in [1.29, 1.82) is 0 Å². The second-order valence-electron chi connectivity index (χ2n) is 7.64. The second-order valence-corrected chi connectivity index (χ2v) is 9.50. The number of hydrogen-bond acceptors (Lipinski definition) is 7. The minimum atomic E-state index is -3.76. The summed E-state index contributed by atoms with van der Waals surface area (Å²) in [5.74, 6) is -0.329. The molecule has 3 fully saturated rings. The van der Waals surface area contributed by atoms with Crippen LogP contribution in [-0.2, 0) is 18.3 Å². The maximum atomic E-state index is 13.5. The Hall–Kier alpha value is -1.16. The number of halogens is 1. The quantitative estimate of drug-likeness (QED) is 0.533. The van der Waals surface area contributed by atoms with Gasteiger partial charge in [-0.2, -0.15) is 0 Å². The molecule has 0 radical (unpaired) electrons. The van der Waals surface area contributed by atoms with Gasteiger partial charge in [-0.25, -0.2) is 0 Å². The standard InChI is InChI=1S/C17H26FN2O7P/c18-12-9-20(17(22)19-16(12)21)15-8-13-14(26-15)10-25-28(23,27-13)24-7-3-6-11-4-1-2-5-11/h9,11,13-15,23,28H,1-8,10H2,(H,19,21,22)/t13-,14+,15+/m0/s1. The summed E-state index contributed by atoms with van der Waals surface area (Å²) in [4.78, 5) is 35.5. The predicted molar refractivity (Wildman–Crippen MR) is 98.3 cm³/mol. The third kappa shape index (κ3) is 4.37. The summed E-state index contributed by atoms with van der Waals surface area (Å²) in [6.45, 7) is 0.429. The molecule has 1 saturated carbocycles. The van der Waals surface area contributed by atoms with Gasteiger partial charge in [-0.05, 0) is 0 Å². The zero-order valence-corrected chi connectivity index (χ0v) is 16.5. The molecule has 2 saturated heterocycles. The first-order valence-electron chi connectivity index (χ1n) is 9.78. The molecule has 3 aliphatic rings. The van der Waals surface area contributed by atoms with E-state index in [9.17, 15) is 18.9 Å². The van der Waals surface area contributed by atoms with Crippen LogP contribution in [0.5, 0.6) is 0 Å². The summed E-state index contributed by atoms with van der Waals surface area (Å²) in [7, 11) is -3.76. The first kappa shape index (κ1) is 20.1. The molecule has 0 unspecified atom stereocenters. The molecule has 3 heterocycles. The molecule has 2 aliphatic heterocycles. The van der Waals surface area contributed by atoms with Crippen LogP contribution in [0.1, 0.15) is 51.2 Å². The molecule has 0 bridgehead atoms. The second kappa shape index (κ2) is 8.30. The van der Waals surface area contributed by atoms with Gasteiger partial charge in [0.1, 0.15) is 0 Å². The summed E-state index contributed by atoms with van der Waals surface area (Å²) >= 11 is 0. The Labute approximate surface area is 161 Å². The Bertz CT molecular complexity index is 811. The zero-order chi connectivity index (χ0) is 19.7. The van der Waals surface area contributed by atoms with Gasteiger partial charge in [-0.15, -0.1) is 0 Å². The molecule has 28 heavy (non-hydrogen) atoms. The van der Waals surface area contributed by atoms with Gasteiger partial charge in [-0.1, -0.05) is 0 Å². The van der Waals surface area contributed by atoms with Crippen LogP contribution in [0.2, 0.25) is 0 Å². The van der Waals surface area contributed by atoms with Crippen molar-refractivity contribution >= 4 is 8.17 Å². The summed E-state index contributed by atoms with van der Waals surface area (Å²) in [5, 5.41) is 0. The number of H-pyrrole nitrogens is 1. The fourth-order valence-corrected chi connectivity index (χ4v) is 5.81. The van der Waals surface area contributed by atoms with Gasteiger partial charge in [0.05, 0.1) is 0 Å². The molecule has 3 atom stereocenters. The van der Waals surface area contributed by atoms with E-state index < -0.39 is 43.7 Å². The predicted octanol–water partition coefficient (Wildman–Crippen LogP) is 1.77. The Morgan fingerprint density at radius 1 is 1.32 bits per heavy atom. The third-order valence-corrected chi connectivity index (χ3v) is 7.36. The average molecular weight is 420 g/mol. The molecule has 158 valence electrons. The first-order chi connectivity index (χ1) is 13.4.